The van der Waals surface area contributed by atoms with Gasteiger partial charge in [0.25, 0.3) is 0 Å². The fraction of sp³-hybridized carbons (Fsp3) is 0.0769. The van der Waals surface area contributed by atoms with Gasteiger partial charge >= 0.3 is 0 Å². The van der Waals surface area contributed by atoms with Gasteiger partial charge in [-0.2, -0.15) is 0 Å². The Bertz CT molecular complexity index is 2860. The molecule has 0 N–H and O–H groups in total. The molecule has 0 bridgehead atoms. The molecule has 2 aliphatic rings. The zero-order chi connectivity index (χ0) is 36.6. The molecule has 0 atom stereocenters. The fourth-order valence-electron chi connectivity index (χ4n) is 9.45. The van der Waals surface area contributed by atoms with Crippen molar-refractivity contribution in [2.45, 2.75) is 24.7 Å². The maximum Gasteiger partial charge on any atom is 0.0714 e. The number of benzene rings is 7. The molecule has 0 saturated carbocycles. The summed E-state index contributed by atoms with van der Waals surface area (Å²) in [5.41, 5.74) is 15.8. The number of rotatable bonds is 6. The minimum atomic E-state index is -0.492. The van der Waals surface area contributed by atoms with Gasteiger partial charge in [-0.3, -0.25) is 0 Å². The molecule has 8 aromatic rings. The van der Waals surface area contributed by atoms with Crippen molar-refractivity contribution >= 4 is 51.1 Å². The summed E-state index contributed by atoms with van der Waals surface area (Å²) in [6, 6.07) is 61.0. The van der Waals surface area contributed by atoms with E-state index in [1.165, 1.54) is 65.7 Å². The summed E-state index contributed by atoms with van der Waals surface area (Å²) >= 11 is 1.74. The van der Waals surface area contributed by atoms with Crippen molar-refractivity contribution in [2.75, 3.05) is 4.90 Å². The summed E-state index contributed by atoms with van der Waals surface area (Å²) in [4.78, 5) is 2.46. The lowest BCUT2D eigenvalue weighted by molar-refractivity contribution is 0.660. The van der Waals surface area contributed by atoms with E-state index < -0.39 is 5.41 Å². The molecular formula is C52H39NS. The van der Waals surface area contributed by atoms with E-state index in [4.69, 9.17) is 0 Å². The summed E-state index contributed by atoms with van der Waals surface area (Å²) in [6.45, 7) is 13.1. The highest BCUT2D eigenvalue weighted by Gasteiger charge is 2.46. The first-order valence-corrected chi connectivity index (χ1v) is 19.5. The van der Waals surface area contributed by atoms with Crippen LogP contribution in [0.5, 0.6) is 0 Å². The van der Waals surface area contributed by atoms with E-state index in [0.29, 0.717) is 0 Å². The molecule has 0 saturated heterocycles. The lowest BCUT2D eigenvalue weighted by Crippen LogP contribution is -2.28. The highest BCUT2D eigenvalue weighted by Crippen LogP contribution is 2.57. The first-order chi connectivity index (χ1) is 26.4. The number of allylic oxidation sites excluding steroid dienone is 1. The van der Waals surface area contributed by atoms with Crippen molar-refractivity contribution in [1.29, 1.82) is 0 Å². The third-order valence-electron chi connectivity index (χ3n) is 11.9. The average molecular weight is 710 g/mol. The number of fused-ring (bicyclic) bond motifs is 7. The van der Waals surface area contributed by atoms with Gasteiger partial charge in [-0.15, -0.1) is 11.3 Å². The van der Waals surface area contributed by atoms with E-state index in [1.807, 2.05) is 6.08 Å². The van der Waals surface area contributed by atoms with Crippen LogP contribution in [0.2, 0.25) is 0 Å². The minimum Gasteiger partial charge on any atom is -0.310 e. The largest absolute Gasteiger partial charge is 0.310 e. The van der Waals surface area contributed by atoms with Gasteiger partial charge in [0, 0.05) is 37.1 Å². The topological polar surface area (TPSA) is 3.24 Å². The molecule has 0 fully saturated rings. The number of thiophene rings is 1. The zero-order valence-electron chi connectivity index (χ0n) is 30.5. The number of nitrogens with zero attached hydrogens (tertiary/aromatic N) is 1. The third-order valence-corrected chi connectivity index (χ3v) is 12.9. The molecule has 0 amide bonds. The molecule has 10 rings (SSSR count). The monoisotopic (exact) mass is 709 g/mol. The van der Waals surface area contributed by atoms with Gasteiger partial charge in [0.05, 0.1) is 5.41 Å². The maximum absolute atomic E-state index is 4.40. The van der Waals surface area contributed by atoms with Crippen molar-refractivity contribution in [3.05, 3.63) is 220 Å². The van der Waals surface area contributed by atoms with Crippen molar-refractivity contribution in [1.82, 2.24) is 0 Å². The first-order valence-electron chi connectivity index (χ1n) is 18.7. The fourth-order valence-corrected chi connectivity index (χ4v) is 10.5. The number of hydrogen-bond donors (Lipinski definition) is 0. The summed E-state index contributed by atoms with van der Waals surface area (Å²) in [6.07, 6.45) is 3.93. The van der Waals surface area contributed by atoms with Gasteiger partial charge in [0.2, 0.25) is 0 Å². The third kappa shape index (κ3) is 4.57. The Morgan fingerprint density at radius 2 is 1.02 bits per heavy atom. The molecular weight excluding hydrogens is 671 g/mol. The Kier molecular flexibility index (Phi) is 7.31. The number of anilines is 3. The lowest BCUT2D eigenvalue weighted by Gasteiger charge is -2.35. The Labute approximate surface area is 321 Å². The molecule has 7 aromatic carbocycles. The molecule has 1 heterocycles. The Morgan fingerprint density at radius 1 is 0.519 bits per heavy atom. The molecule has 0 radical (unpaired) electrons. The quantitative estimate of drug-likeness (QED) is 0.166. The van der Waals surface area contributed by atoms with Crippen molar-refractivity contribution in [2.24, 2.45) is 0 Å². The van der Waals surface area contributed by atoms with Gasteiger partial charge < -0.3 is 4.90 Å². The van der Waals surface area contributed by atoms with Crippen LogP contribution in [-0.4, -0.2) is 0 Å². The predicted octanol–water partition coefficient (Wildman–Crippen LogP) is 12.4. The Hall–Kier alpha value is -6.22. The van der Waals surface area contributed by atoms with Crippen LogP contribution in [-0.2, 0) is 10.8 Å². The van der Waals surface area contributed by atoms with Crippen LogP contribution >= 0.6 is 11.3 Å². The second-order valence-electron chi connectivity index (χ2n) is 15.0. The lowest BCUT2D eigenvalue weighted by atomic mass is 9.67. The Balaban J connectivity index is 1.25. The molecule has 1 nitrogen and oxygen atoms in total. The number of hydrogen-bond acceptors (Lipinski definition) is 2. The van der Waals surface area contributed by atoms with Crippen LogP contribution in [0.4, 0.5) is 17.1 Å². The maximum atomic E-state index is 4.40. The summed E-state index contributed by atoms with van der Waals surface area (Å²) in [5, 5.41) is 2.35. The van der Waals surface area contributed by atoms with Gasteiger partial charge in [-0.05, 0) is 97.3 Å². The van der Waals surface area contributed by atoms with E-state index in [1.54, 1.807) is 11.3 Å². The van der Waals surface area contributed by atoms with Crippen molar-refractivity contribution < 1.29 is 0 Å². The molecule has 258 valence electrons. The molecule has 2 aliphatic carbocycles. The SMILES string of the molecule is C=C/C=c1\c(=C)sc2cc(N(c3ccc4c(c3)C(C)(C)c3ccccc3-4)c3ccc4c(c3)C(c3ccccc3)(c3ccccc3)c3ccccc3-4)ccc12. The van der Waals surface area contributed by atoms with Crippen LogP contribution in [0.3, 0.4) is 0 Å². The standard InChI is InChI=1S/C52H39NS/c1-5-16-40-34(2)54-50-33-39(27-30-45(40)50)53(37-25-28-43-41-21-12-14-23-46(41)51(3,4)48(43)31-37)38-26-29-44-42-22-13-15-24-47(42)52(49(44)32-38,35-17-8-6-9-18-35)36-19-10-7-11-20-36/h5-33H,1-2H2,3-4H3/b40-16+. The Morgan fingerprint density at radius 3 is 1.67 bits per heavy atom. The molecule has 0 spiro atoms. The normalized spacial score (nSPS) is 14.7. The highest BCUT2D eigenvalue weighted by atomic mass is 32.1. The van der Waals surface area contributed by atoms with Crippen LogP contribution in [0.25, 0.3) is 45.0 Å². The van der Waals surface area contributed by atoms with E-state index in [-0.39, 0.29) is 5.41 Å². The molecule has 1 aromatic heterocycles. The van der Waals surface area contributed by atoms with Crippen LogP contribution in [0.1, 0.15) is 47.2 Å². The zero-order valence-corrected chi connectivity index (χ0v) is 31.3. The highest BCUT2D eigenvalue weighted by molar-refractivity contribution is 7.17. The molecule has 0 aliphatic heterocycles. The molecule has 2 heteroatoms. The van der Waals surface area contributed by atoms with Crippen molar-refractivity contribution in [3.63, 3.8) is 0 Å². The first kappa shape index (κ1) is 32.4. The van der Waals surface area contributed by atoms with Crippen LogP contribution < -0.4 is 14.7 Å². The van der Waals surface area contributed by atoms with Gasteiger partial charge in [-0.25, -0.2) is 0 Å². The van der Waals surface area contributed by atoms with Gasteiger partial charge in [0.1, 0.15) is 0 Å². The predicted molar refractivity (Wildman–Crippen MR) is 231 cm³/mol. The van der Waals surface area contributed by atoms with Gasteiger partial charge in [0.15, 0.2) is 0 Å². The van der Waals surface area contributed by atoms with Crippen LogP contribution in [0.15, 0.2) is 176 Å². The van der Waals surface area contributed by atoms with E-state index >= 15 is 0 Å². The van der Waals surface area contributed by atoms with E-state index in [9.17, 15) is 0 Å². The second kappa shape index (κ2) is 12.2. The van der Waals surface area contributed by atoms with Crippen molar-refractivity contribution in [3.8, 4) is 22.3 Å². The summed E-state index contributed by atoms with van der Waals surface area (Å²) < 4.78 is 2.26. The minimum absolute atomic E-state index is 0.126. The van der Waals surface area contributed by atoms with Gasteiger partial charge in [-0.1, -0.05) is 167 Å². The average Bonchev–Trinajstić information content (AvgIpc) is 3.77. The smallest absolute Gasteiger partial charge is 0.0714 e. The summed E-state index contributed by atoms with van der Waals surface area (Å²) in [5.74, 6) is 0. The second-order valence-corrected chi connectivity index (χ2v) is 16.2. The van der Waals surface area contributed by atoms with Crippen LogP contribution in [0, 0.1) is 0 Å². The molecule has 0 unspecified atom stereocenters. The van der Waals surface area contributed by atoms with E-state index in [2.05, 4.69) is 202 Å². The molecule has 54 heavy (non-hydrogen) atoms. The summed E-state index contributed by atoms with van der Waals surface area (Å²) in [7, 11) is 0. The van der Waals surface area contributed by atoms with E-state index in [0.717, 1.165) is 26.8 Å².